The van der Waals surface area contributed by atoms with E-state index < -0.39 is 0 Å². The third-order valence-electron chi connectivity index (χ3n) is 4.97. The van der Waals surface area contributed by atoms with Gasteiger partial charge in [0.1, 0.15) is 0 Å². The van der Waals surface area contributed by atoms with Crippen LogP contribution in [0.2, 0.25) is 0 Å². The van der Waals surface area contributed by atoms with Crippen LogP contribution in [-0.2, 0) is 12.8 Å². The van der Waals surface area contributed by atoms with Crippen LogP contribution >= 0.6 is 0 Å². The fraction of sp³-hybridized carbons (Fsp3) is 0.429. The highest BCUT2D eigenvalue weighted by atomic mass is 16.5. The second kappa shape index (κ2) is 8.39. The highest BCUT2D eigenvalue weighted by molar-refractivity contribution is 5.55. The average Bonchev–Trinajstić information content (AvgIpc) is 2.72. The molecule has 1 aliphatic heterocycles. The Balaban J connectivity index is 1.96. The van der Waals surface area contributed by atoms with Gasteiger partial charge in [-0.05, 0) is 60.3 Å². The number of ether oxygens (including phenoxy) is 5. The van der Waals surface area contributed by atoms with E-state index in [9.17, 15) is 0 Å². The second-order valence-corrected chi connectivity index (χ2v) is 6.40. The highest BCUT2D eigenvalue weighted by Crippen LogP contribution is 2.40. The van der Waals surface area contributed by atoms with E-state index in [2.05, 4.69) is 17.4 Å². The van der Waals surface area contributed by atoms with Gasteiger partial charge in [-0.15, -0.1) is 0 Å². The summed E-state index contributed by atoms with van der Waals surface area (Å²) in [4.78, 5) is 0. The molecule has 0 fully saturated rings. The minimum Gasteiger partial charge on any atom is -0.493 e. The molecule has 0 aliphatic carbocycles. The van der Waals surface area contributed by atoms with Crippen molar-refractivity contribution in [3.63, 3.8) is 0 Å². The lowest BCUT2D eigenvalue weighted by Crippen LogP contribution is -2.31. The average molecular weight is 373 g/mol. The molecule has 0 saturated carbocycles. The van der Waals surface area contributed by atoms with E-state index in [4.69, 9.17) is 23.7 Å². The molecular weight excluding hydrogens is 346 g/mol. The Morgan fingerprint density at radius 1 is 0.778 bits per heavy atom. The molecule has 1 atom stereocenters. The minimum absolute atomic E-state index is 0.163. The molecule has 2 aromatic carbocycles. The lowest BCUT2D eigenvalue weighted by Gasteiger charge is -2.28. The first kappa shape index (κ1) is 19.2. The number of fused-ring (bicyclic) bond motifs is 1. The standard InChI is InChI=1S/C21H27NO5/c1-23-17-11-14-6-7-22-16(15(14)12-18(17)24-2)8-13-9-19(25-3)21(27-5)20(10-13)26-4/h9-12,16,22H,6-8H2,1-5H3/t16-/m0/s1. The van der Waals surface area contributed by atoms with Gasteiger partial charge in [0.15, 0.2) is 23.0 Å². The van der Waals surface area contributed by atoms with Crippen molar-refractivity contribution < 1.29 is 23.7 Å². The maximum Gasteiger partial charge on any atom is 0.203 e. The van der Waals surface area contributed by atoms with Gasteiger partial charge in [0, 0.05) is 6.04 Å². The Hall–Kier alpha value is -2.60. The molecule has 2 aromatic rings. The molecule has 0 saturated heterocycles. The third-order valence-corrected chi connectivity index (χ3v) is 4.97. The summed E-state index contributed by atoms with van der Waals surface area (Å²) >= 11 is 0. The summed E-state index contributed by atoms with van der Waals surface area (Å²) in [7, 11) is 8.20. The molecule has 6 heteroatoms. The van der Waals surface area contributed by atoms with Gasteiger partial charge in [-0.1, -0.05) is 0 Å². The van der Waals surface area contributed by atoms with Gasteiger partial charge in [-0.25, -0.2) is 0 Å². The van der Waals surface area contributed by atoms with Crippen LogP contribution in [0.5, 0.6) is 28.7 Å². The molecule has 3 rings (SSSR count). The van der Waals surface area contributed by atoms with E-state index in [0.717, 1.165) is 36.4 Å². The van der Waals surface area contributed by atoms with Crippen LogP contribution in [0.4, 0.5) is 0 Å². The molecule has 0 aromatic heterocycles. The van der Waals surface area contributed by atoms with Crippen LogP contribution in [0.25, 0.3) is 0 Å². The van der Waals surface area contributed by atoms with Crippen molar-refractivity contribution in [2.45, 2.75) is 18.9 Å². The summed E-state index contributed by atoms with van der Waals surface area (Å²) in [5.41, 5.74) is 3.61. The van der Waals surface area contributed by atoms with Gasteiger partial charge in [-0.2, -0.15) is 0 Å². The van der Waals surface area contributed by atoms with Gasteiger partial charge in [0.05, 0.1) is 35.5 Å². The quantitative estimate of drug-likeness (QED) is 0.805. The van der Waals surface area contributed by atoms with Gasteiger partial charge in [-0.3, -0.25) is 0 Å². The predicted molar refractivity (Wildman–Crippen MR) is 104 cm³/mol. The maximum atomic E-state index is 5.49. The summed E-state index contributed by atoms with van der Waals surface area (Å²) < 4.78 is 27.3. The normalized spacial score (nSPS) is 15.7. The Morgan fingerprint density at radius 3 is 1.93 bits per heavy atom. The van der Waals surface area contributed by atoms with Crippen molar-refractivity contribution in [3.05, 3.63) is 41.0 Å². The molecule has 1 aliphatic rings. The number of hydrogen-bond acceptors (Lipinski definition) is 6. The summed E-state index contributed by atoms with van der Waals surface area (Å²) in [6, 6.07) is 8.31. The summed E-state index contributed by atoms with van der Waals surface area (Å²) in [6.45, 7) is 0.914. The first-order valence-electron chi connectivity index (χ1n) is 8.92. The Labute approximate surface area is 160 Å². The number of nitrogens with one attached hydrogen (secondary N) is 1. The van der Waals surface area contributed by atoms with E-state index in [1.54, 1.807) is 35.5 Å². The van der Waals surface area contributed by atoms with Gasteiger partial charge >= 0.3 is 0 Å². The van der Waals surface area contributed by atoms with Crippen molar-refractivity contribution in [2.75, 3.05) is 42.1 Å². The van der Waals surface area contributed by atoms with E-state index in [-0.39, 0.29) is 6.04 Å². The summed E-state index contributed by atoms with van der Waals surface area (Å²) in [5.74, 6) is 3.44. The van der Waals surface area contributed by atoms with Crippen LogP contribution in [0.1, 0.15) is 22.7 Å². The predicted octanol–water partition coefficient (Wildman–Crippen LogP) is 3.16. The molecule has 0 spiro atoms. The molecule has 0 amide bonds. The Morgan fingerprint density at radius 2 is 1.37 bits per heavy atom. The highest BCUT2D eigenvalue weighted by Gasteiger charge is 2.24. The maximum absolute atomic E-state index is 5.49. The van der Waals surface area contributed by atoms with E-state index in [1.807, 2.05) is 12.1 Å². The molecule has 6 nitrogen and oxygen atoms in total. The van der Waals surface area contributed by atoms with E-state index in [0.29, 0.717) is 17.2 Å². The topological polar surface area (TPSA) is 58.2 Å². The molecule has 0 bridgehead atoms. The second-order valence-electron chi connectivity index (χ2n) is 6.40. The first-order chi connectivity index (χ1) is 13.1. The number of hydrogen-bond donors (Lipinski definition) is 1. The van der Waals surface area contributed by atoms with Crippen LogP contribution in [-0.4, -0.2) is 42.1 Å². The lowest BCUT2D eigenvalue weighted by atomic mass is 9.89. The van der Waals surface area contributed by atoms with Crippen molar-refractivity contribution in [3.8, 4) is 28.7 Å². The third kappa shape index (κ3) is 3.76. The summed E-state index contributed by atoms with van der Waals surface area (Å²) in [6.07, 6.45) is 1.75. The Bertz CT molecular complexity index is 780. The van der Waals surface area contributed by atoms with Crippen LogP contribution < -0.4 is 29.0 Å². The van der Waals surface area contributed by atoms with Crippen LogP contribution in [0.15, 0.2) is 24.3 Å². The first-order valence-corrected chi connectivity index (χ1v) is 8.92. The van der Waals surface area contributed by atoms with Gasteiger partial charge in [0.25, 0.3) is 0 Å². The zero-order valence-corrected chi connectivity index (χ0v) is 16.5. The monoisotopic (exact) mass is 373 g/mol. The molecule has 27 heavy (non-hydrogen) atoms. The zero-order valence-electron chi connectivity index (χ0n) is 16.5. The smallest absolute Gasteiger partial charge is 0.203 e. The molecule has 0 radical (unpaired) electrons. The fourth-order valence-corrected chi connectivity index (χ4v) is 3.64. The zero-order chi connectivity index (χ0) is 19.4. The number of methoxy groups -OCH3 is 5. The molecule has 146 valence electrons. The van der Waals surface area contributed by atoms with Crippen molar-refractivity contribution >= 4 is 0 Å². The van der Waals surface area contributed by atoms with Crippen LogP contribution in [0, 0.1) is 0 Å². The van der Waals surface area contributed by atoms with Crippen molar-refractivity contribution in [1.29, 1.82) is 0 Å². The molecule has 1 heterocycles. The Kier molecular flexibility index (Phi) is 5.96. The van der Waals surface area contributed by atoms with Gasteiger partial charge in [0.2, 0.25) is 5.75 Å². The number of benzene rings is 2. The largest absolute Gasteiger partial charge is 0.493 e. The lowest BCUT2D eigenvalue weighted by molar-refractivity contribution is 0.323. The summed E-state index contributed by atoms with van der Waals surface area (Å²) in [5, 5.41) is 3.61. The van der Waals surface area contributed by atoms with E-state index >= 15 is 0 Å². The SMILES string of the molecule is COc1cc2c(cc1OC)[C@H](Cc1cc(OC)c(OC)c(OC)c1)NCC2. The van der Waals surface area contributed by atoms with Crippen molar-refractivity contribution in [1.82, 2.24) is 5.32 Å². The van der Waals surface area contributed by atoms with Gasteiger partial charge < -0.3 is 29.0 Å². The van der Waals surface area contributed by atoms with E-state index in [1.165, 1.54) is 11.1 Å². The molecule has 1 N–H and O–H groups in total. The molecular formula is C21H27NO5. The molecule has 0 unspecified atom stereocenters. The fourth-order valence-electron chi connectivity index (χ4n) is 3.64. The van der Waals surface area contributed by atoms with Crippen LogP contribution in [0.3, 0.4) is 0 Å². The van der Waals surface area contributed by atoms with Crippen molar-refractivity contribution in [2.24, 2.45) is 0 Å². The minimum atomic E-state index is 0.163. The number of rotatable bonds is 7.